The van der Waals surface area contributed by atoms with E-state index >= 15 is 0 Å². The Morgan fingerprint density at radius 2 is 1.97 bits per heavy atom. The Hall–Kier alpha value is -2.62. The average Bonchev–Trinajstić information content (AvgIpc) is 3.43. The predicted octanol–water partition coefficient (Wildman–Crippen LogP) is -0.139. The smallest absolute Gasteiger partial charge is 0.402 e. The van der Waals surface area contributed by atoms with E-state index in [-0.39, 0.29) is 38.0 Å². The van der Waals surface area contributed by atoms with Gasteiger partial charge in [-0.25, -0.2) is 9.36 Å². The zero-order valence-corrected chi connectivity index (χ0v) is 19.8. The molecule has 0 saturated carbocycles. The fourth-order valence-corrected chi connectivity index (χ4v) is 3.15. The number of tetrazole rings is 1. The number of hydrogen-bond donors (Lipinski definition) is 4. The highest BCUT2D eigenvalue weighted by atomic mass is 35.5. The van der Waals surface area contributed by atoms with Crippen molar-refractivity contribution in [2.45, 2.75) is 44.9 Å². The topological polar surface area (TPSA) is 179 Å². The molecule has 34 heavy (non-hydrogen) atoms. The lowest BCUT2D eigenvalue weighted by Crippen LogP contribution is -2.29. The summed E-state index contributed by atoms with van der Waals surface area (Å²) in [7, 11) is -1.78. The third-order valence-corrected chi connectivity index (χ3v) is 4.92. The molecule has 0 radical (unpaired) electrons. The maximum Gasteiger partial charge on any atom is 0.633 e. The summed E-state index contributed by atoms with van der Waals surface area (Å²) in [5.41, 5.74) is 7.78. The highest BCUT2D eigenvalue weighted by molar-refractivity contribution is 6.32. The molecule has 1 amide bonds. The molecular weight excluding hydrogens is 488 g/mol. The van der Waals surface area contributed by atoms with Crippen molar-refractivity contribution in [3.63, 3.8) is 0 Å². The number of nitrogens with zero attached hydrogens (tertiary/aromatic N) is 7. The Bertz CT molecular complexity index is 1020. The molecule has 0 aliphatic heterocycles. The zero-order valence-electron chi connectivity index (χ0n) is 18.2. The number of amides is 1. The molecule has 2 heterocycles. The van der Waals surface area contributed by atoms with Gasteiger partial charge in [0.25, 0.3) is 0 Å². The lowest BCUT2D eigenvalue weighted by molar-refractivity contribution is -0.122. The minimum absolute atomic E-state index is 0. The third-order valence-electron chi connectivity index (χ3n) is 4.67. The first kappa shape index (κ1) is 27.6. The SMILES string of the molecule is Cl.NC(CCCCOB(O)O)c1nnnn1CC(=O)NCc1cn(Cc2ccc(Cl)cc2)nn1. The molecule has 184 valence electrons. The van der Waals surface area contributed by atoms with Gasteiger partial charge in [-0.2, -0.15) is 0 Å². The van der Waals surface area contributed by atoms with Gasteiger partial charge in [0.15, 0.2) is 5.82 Å². The molecular formula is C18H26BCl2N9O4. The number of aromatic nitrogens is 7. The van der Waals surface area contributed by atoms with Crippen molar-refractivity contribution >= 4 is 37.2 Å². The Kier molecular flexibility index (Phi) is 11.3. The zero-order chi connectivity index (χ0) is 23.6. The van der Waals surface area contributed by atoms with Crippen LogP contribution in [0.4, 0.5) is 0 Å². The minimum Gasteiger partial charge on any atom is -0.402 e. The second kappa shape index (κ2) is 13.9. The molecule has 3 aromatic rings. The number of carbonyl (C=O) groups is 1. The third kappa shape index (κ3) is 8.97. The molecule has 0 saturated heterocycles. The number of hydrogen-bond acceptors (Lipinski definition) is 10. The van der Waals surface area contributed by atoms with Gasteiger partial charge < -0.3 is 25.8 Å². The van der Waals surface area contributed by atoms with Crippen LogP contribution in [0.15, 0.2) is 30.5 Å². The van der Waals surface area contributed by atoms with Gasteiger partial charge in [0.1, 0.15) is 12.2 Å². The highest BCUT2D eigenvalue weighted by Gasteiger charge is 2.17. The Morgan fingerprint density at radius 1 is 1.21 bits per heavy atom. The fraction of sp³-hybridized carbons (Fsp3) is 0.444. The van der Waals surface area contributed by atoms with Gasteiger partial charge in [-0.15, -0.1) is 22.6 Å². The summed E-state index contributed by atoms with van der Waals surface area (Å²) in [6, 6.07) is 6.97. The van der Waals surface area contributed by atoms with Crippen LogP contribution in [0.1, 0.15) is 42.4 Å². The predicted molar refractivity (Wildman–Crippen MR) is 124 cm³/mol. The highest BCUT2D eigenvalue weighted by Crippen LogP contribution is 2.14. The van der Waals surface area contributed by atoms with Crippen LogP contribution >= 0.6 is 24.0 Å². The molecule has 3 rings (SSSR count). The summed E-state index contributed by atoms with van der Waals surface area (Å²) in [6.07, 6.45) is 3.56. The summed E-state index contributed by atoms with van der Waals surface area (Å²) in [5, 5.41) is 40.2. The number of nitrogens with two attached hydrogens (primary N) is 1. The number of carbonyl (C=O) groups excluding carboxylic acids is 1. The van der Waals surface area contributed by atoms with E-state index in [1.807, 2.05) is 24.3 Å². The number of benzene rings is 1. The largest absolute Gasteiger partial charge is 0.633 e. The molecule has 16 heteroatoms. The van der Waals surface area contributed by atoms with Crippen molar-refractivity contribution in [1.29, 1.82) is 0 Å². The van der Waals surface area contributed by atoms with E-state index in [0.29, 0.717) is 42.3 Å². The van der Waals surface area contributed by atoms with Gasteiger partial charge in [-0.05, 0) is 47.4 Å². The molecule has 2 aromatic heterocycles. The van der Waals surface area contributed by atoms with Gasteiger partial charge in [0.2, 0.25) is 5.91 Å². The quantitative estimate of drug-likeness (QED) is 0.177. The summed E-state index contributed by atoms with van der Waals surface area (Å²) >= 11 is 5.89. The Morgan fingerprint density at radius 3 is 2.71 bits per heavy atom. The van der Waals surface area contributed by atoms with Crippen LogP contribution in [-0.2, 0) is 29.1 Å². The first-order chi connectivity index (χ1) is 15.9. The number of halogens is 2. The Labute approximate surface area is 207 Å². The molecule has 0 fully saturated rings. The van der Waals surface area contributed by atoms with E-state index in [9.17, 15) is 4.79 Å². The molecule has 1 aromatic carbocycles. The van der Waals surface area contributed by atoms with Crippen LogP contribution in [0.5, 0.6) is 0 Å². The number of rotatable bonds is 13. The summed E-state index contributed by atoms with van der Waals surface area (Å²) < 4.78 is 7.67. The molecule has 0 bridgehead atoms. The van der Waals surface area contributed by atoms with Crippen LogP contribution in [0, 0.1) is 0 Å². The van der Waals surface area contributed by atoms with Crippen molar-refractivity contribution in [3.05, 3.63) is 52.6 Å². The molecule has 13 nitrogen and oxygen atoms in total. The van der Waals surface area contributed by atoms with Gasteiger partial charge in [0, 0.05) is 11.6 Å². The van der Waals surface area contributed by atoms with E-state index in [0.717, 1.165) is 5.56 Å². The first-order valence-electron chi connectivity index (χ1n) is 10.3. The maximum absolute atomic E-state index is 12.4. The summed E-state index contributed by atoms with van der Waals surface area (Å²) in [5.74, 6) is 0.0931. The first-order valence-corrected chi connectivity index (χ1v) is 10.7. The van der Waals surface area contributed by atoms with Crippen molar-refractivity contribution in [1.82, 2.24) is 40.5 Å². The van der Waals surface area contributed by atoms with Crippen LogP contribution in [0.25, 0.3) is 0 Å². The van der Waals surface area contributed by atoms with Gasteiger partial charge in [-0.3, -0.25) is 4.79 Å². The molecule has 0 spiro atoms. The second-order valence-electron chi connectivity index (χ2n) is 7.30. The summed E-state index contributed by atoms with van der Waals surface area (Å²) in [4.78, 5) is 12.4. The fourth-order valence-electron chi connectivity index (χ4n) is 3.03. The van der Waals surface area contributed by atoms with Crippen molar-refractivity contribution < 1.29 is 19.5 Å². The molecule has 0 aliphatic carbocycles. The second-order valence-corrected chi connectivity index (χ2v) is 7.74. The Balaban J connectivity index is 0.00000408. The lowest BCUT2D eigenvalue weighted by Gasteiger charge is -2.11. The van der Waals surface area contributed by atoms with Crippen LogP contribution < -0.4 is 11.1 Å². The summed E-state index contributed by atoms with van der Waals surface area (Å²) in [6.45, 7) is 0.854. The van der Waals surface area contributed by atoms with Gasteiger partial charge in [-0.1, -0.05) is 28.9 Å². The van der Waals surface area contributed by atoms with Crippen LogP contribution in [-0.4, -0.2) is 65.1 Å². The van der Waals surface area contributed by atoms with E-state index in [2.05, 4.69) is 35.8 Å². The monoisotopic (exact) mass is 513 g/mol. The van der Waals surface area contributed by atoms with Gasteiger partial charge >= 0.3 is 7.32 Å². The maximum atomic E-state index is 12.4. The molecule has 1 atom stereocenters. The average molecular weight is 514 g/mol. The van der Waals surface area contributed by atoms with Crippen LogP contribution in [0.2, 0.25) is 5.02 Å². The van der Waals surface area contributed by atoms with Crippen molar-refractivity contribution in [2.75, 3.05) is 6.61 Å². The van der Waals surface area contributed by atoms with Crippen molar-refractivity contribution in [2.24, 2.45) is 5.73 Å². The van der Waals surface area contributed by atoms with E-state index in [1.54, 1.807) is 10.9 Å². The lowest BCUT2D eigenvalue weighted by atomic mass is 10.1. The standard InChI is InChI=1S/C18H25BClN9O4.ClH/c20-14-6-4-13(5-7-14)10-28-11-15(23-26-28)9-22-17(30)12-29-18(24-25-27-29)16(21)3-1-2-8-33-19(31)32;/h4-7,11,16,31-32H,1-3,8-10,12,21H2,(H,22,30);1H. The molecule has 1 unspecified atom stereocenters. The minimum atomic E-state index is -1.78. The van der Waals surface area contributed by atoms with Gasteiger partial charge in [0.05, 0.1) is 25.3 Å². The van der Waals surface area contributed by atoms with E-state index in [1.165, 1.54) is 4.68 Å². The normalized spacial score (nSPS) is 11.6. The molecule has 0 aliphatic rings. The van der Waals surface area contributed by atoms with E-state index in [4.69, 9.17) is 27.4 Å². The molecule has 5 N–H and O–H groups in total. The van der Waals surface area contributed by atoms with E-state index < -0.39 is 13.4 Å². The number of unbranched alkanes of at least 4 members (excludes halogenated alkanes) is 1. The van der Waals surface area contributed by atoms with Crippen LogP contribution in [0.3, 0.4) is 0 Å². The number of nitrogens with one attached hydrogen (secondary N) is 1. The van der Waals surface area contributed by atoms with Crippen molar-refractivity contribution in [3.8, 4) is 0 Å².